The van der Waals surface area contributed by atoms with Gasteiger partial charge < -0.3 is 5.11 Å². The van der Waals surface area contributed by atoms with Crippen LogP contribution in [0.15, 0.2) is 29.2 Å². The van der Waals surface area contributed by atoms with Gasteiger partial charge in [-0.3, -0.25) is 4.90 Å². The van der Waals surface area contributed by atoms with E-state index in [9.17, 15) is 13.5 Å². The SMILES string of the molecule is CC1CCC(C)N(CC(O)c2ccc(S(C)(=O)=O)cc2)C1. The molecule has 1 aliphatic heterocycles. The fourth-order valence-corrected chi connectivity index (χ4v) is 3.53. The number of hydrogen-bond donors (Lipinski definition) is 1. The summed E-state index contributed by atoms with van der Waals surface area (Å²) in [5.41, 5.74) is 0.771. The van der Waals surface area contributed by atoms with Crippen molar-refractivity contribution in [1.82, 2.24) is 4.90 Å². The molecule has 3 unspecified atom stereocenters. The largest absolute Gasteiger partial charge is 0.387 e. The van der Waals surface area contributed by atoms with E-state index in [0.29, 0.717) is 23.4 Å². The maximum absolute atomic E-state index is 11.4. The molecule has 0 amide bonds. The highest BCUT2D eigenvalue weighted by Crippen LogP contribution is 2.24. The number of hydrogen-bond acceptors (Lipinski definition) is 4. The van der Waals surface area contributed by atoms with Gasteiger partial charge in [0.2, 0.25) is 0 Å². The van der Waals surface area contributed by atoms with Gasteiger partial charge in [0.15, 0.2) is 9.84 Å². The lowest BCUT2D eigenvalue weighted by molar-refractivity contribution is 0.0568. The minimum Gasteiger partial charge on any atom is -0.387 e. The number of likely N-dealkylation sites (tertiary alicyclic amines) is 1. The average Bonchev–Trinajstić information content (AvgIpc) is 2.42. The zero-order valence-corrected chi connectivity index (χ0v) is 13.8. The predicted octanol–water partition coefficient (Wildman–Crippen LogP) is 2.24. The quantitative estimate of drug-likeness (QED) is 0.926. The van der Waals surface area contributed by atoms with Crippen LogP contribution in [0.1, 0.15) is 38.4 Å². The Balaban J connectivity index is 2.04. The Hall–Kier alpha value is -0.910. The number of aliphatic hydroxyl groups is 1. The minimum absolute atomic E-state index is 0.290. The Morgan fingerprint density at radius 3 is 2.43 bits per heavy atom. The topological polar surface area (TPSA) is 57.6 Å². The second kappa shape index (κ2) is 6.46. The Labute approximate surface area is 127 Å². The van der Waals surface area contributed by atoms with Crippen LogP contribution in [0.5, 0.6) is 0 Å². The first-order chi connectivity index (χ1) is 9.77. The standard InChI is InChI=1S/C16H25NO3S/c1-12-4-5-13(2)17(10-12)11-16(18)14-6-8-15(9-7-14)21(3,19)20/h6-9,12-13,16,18H,4-5,10-11H2,1-3H3. The molecule has 0 saturated carbocycles. The van der Waals surface area contributed by atoms with Gasteiger partial charge in [-0.05, 0) is 43.4 Å². The third-order valence-corrected chi connectivity index (χ3v) is 5.48. The Kier molecular flexibility index (Phi) is 5.07. The van der Waals surface area contributed by atoms with Crippen molar-refractivity contribution >= 4 is 9.84 Å². The summed E-state index contributed by atoms with van der Waals surface area (Å²) >= 11 is 0. The lowest BCUT2D eigenvalue weighted by atomic mass is 9.94. The van der Waals surface area contributed by atoms with E-state index in [1.807, 2.05) is 0 Å². The van der Waals surface area contributed by atoms with Crippen molar-refractivity contribution in [2.24, 2.45) is 5.92 Å². The summed E-state index contributed by atoms with van der Waals surface area (Å²) in [5.74, 6) is 0.668. The Bertz CT molecular complexity index is 568. The van der Waals surface area contributed by atoms with Gasteiger partial charge in [-0.1, -0.05) is 19.1 Å². The smallest absolute Gasteiger partial charge is 0.175 e. The van der Waals surface area contributed by atoms with Crippen molar-refractivity contribution in [2.45, 2.75) is 43.7 Å². The molecule has 1 aliphatic rings. The van der Waals surface area contributed by atoms with E-state index in [0.717, 1.165) is 12.1 Å². The molecule has 5 heteroatoms. The number of sulfone groups is 1. The highest BCUT2D eigenvalue weighted by atomic mass is 32.2. The molecule has 0 aromatic heterocycles. The molecule has 0 bridgehead atoms. The van der Waals surface area contributed by atoms with Crippen molar-refractivity contribution < 1.29 is 13.5 Å². The molecule has 1 heterocycles. The monoisotopic (exact) mass is 311 g/mol. The number of rotatable bonds is 4. The van der Waals surface area contributed by atoms with Crippen LogP contribution in [0.3, 0.4) is 0 Å². The second-order valence-corrected chi connectivity index (χ2v) is 8.36. The van der Waals surface area contributed by atoms with Gasteiger partial charge in [-0.2, -0.15) is 0 Å². The summed E-state index contributed by atoms with van der Waals surface area (Å²) in [6.07, 6.45) is 3.03. The number of aliphatic hydroxyl groups excluding tert-OH is 1. The van der Waals surface area contributed by atoms with Gasteiger partial charge in [0.25, 0.3) is 0 Å². The zero-order chi connectivity index (χ0) is 15.6. The molecule has 21 heavy (non-hydrogen) atoms. The van der Waals surface area contributed by atoms with E-state index in [4.69, 9.17) is 0 Å². The van der Waals surface area contributed by atoms with Crippen LogP contribution in [0, 0.1) is 5.92 Å². The van der Waals surface area contributed by atoms with Crippen LogP contribution in [-0.4, -0.2) is 43.8 Å². The van der Waals surface area contributed by atoms with E-state index in [1.165, 1.54) is 19.1 Å². The maximum Gasteiger partial charge on any atom is 0.175 e. The summed E-state index contributed by atoms with van der Waals surface area (Å²) in [5, 5.41) is 10.4. The Morgan fingerprint density at radius 2 is 1.86 bits per heavy atom. The average molecular weight is 311 g/mol. The van der Waals surface area contributed by atoms with Crippen LogP contribution < -0.4 is 0 Å². The third-order valence-electron chi connectivity index (χ3n) is 4.35. The van der Waals surface area contributed by atoms with Crippen molar-refractivity contribution in [3.63, 3.8) is 0 Å². The molecule has 118 valence electrons. The van der Waals surface area contributed by atoms with Gasteiger partial charge >= 0.3 is 0 Å². The van der Waals surface area contributed by atoms with Gasteiger partial charge in [0.1, 0.15) is 0 Å². The van der Waals surface area contributed by atoms with Crippen molar-refractivity contribution in [1.29, 1.82) is 0 Å². The molecule has 0 radical (unpaired) electrons. The molecule has 4 nitrogen and oxygen atoms in total. The van der Waals surface area contributed by atoms with E-state index in [2.05, 4.69) is 18.7 Å². The van der Waals surface area contributed by atoms with E-state index in [1.54, 1.807) is 24.3 Å². The van der Waals surface area contributed by atoms with Crippen LogP contribution in [0.25, 0.3) is 0 Å². The van der Waals surface area contributed by atoms with Crippen LogP contribution >= 0.6 is 0 Å². The molecule has 0 aliphatic carbocycles. The highest BCUT2D eigenvalue weighted by molar-refractivity contribution is 7.90. The Morgan fingerprint density at radius 1 is 1.24 bits per heavy atom. The van der Waals surface area contributed by atoms with Crippen molar-refractivity contribution in [2.75, 3.05) is 19.3 Å². The summed E-state index contributed by atoms with van der Waals surface area (Å²) in [7, 11) is -3.18. The fraction of sp³-hybridized carbons (Fsp3) is 0.625. The third kappa shape index (κ3) is 4.28. The van der Waals surface area contributed by atoms with Gasteiger partial charge in [-0.15, -0.1) is 0 Å². The fourth-order valence-electron chi connectivity index (χ4n) is 2.90. The van der Waals surface area contributed by atoms with Gasteiger partial charge in [-0.25, -0.2) is 8.42 Å². The maximum atomic E-state index is 11.4. The number of benzene rings is 1. The molecule has 1 N–H and O–H groups in total. The second-order valence-electron chi connectivity index (χ2n) is 6.34. The number of piperidine rings is 1. The first-order valence-electron chi connectivity index (χ1n) is 7.49. The summed E-state index contributed by atoms with van der Waals surface area (Å²) in [6, 6.07) is 7.04. The summed E-state index contributed by atoms with van der Waals surface area (Å²) in [6.45, 7) is 6.06. The lowest BCUT2D eigenvalue weighted by Crippen LogP contribution is -2.43. The van der Waals surface area contributed by atoms with Crippen molar-refractivity contribution in [3.8, 4) is 0 Å². The number of β-amino-alcohol motifs (C(OH)–C–C–N with tert-alkyl or cyclic N) is 1. The molecule has 2 rings (SSSR count). The minimum atomic E-state index is -3.18. The molecular weight excluding hydrogens is 286 g/mol. The molecule has 3 atom stereocenters. The number of nitrogens with zero attached hydrogens (tertiary/aromatic N) is 1. The molecule has 1 aromatic rings. The molecular formula is C16H25NO3S. The lowest BCUT2D eigenvalue weighted by Gasteiger charge is -2.37. The predicted molar refractivity (Wildman–Crippen MR) is 83.9 cm³/mol. The molecule has 1 aromatic carbocycles. The zero-order valence-electron chi connectivity index (χ0n) is 13.0. The molecule has 1 saturated heterocycles. The van der Waals surface area contributed by atoms with Gasteiger partial charge in [0.05, 0.1) is 11.0 Å². The summed E-state index contributed by atoms with van der Waals surface area (Å²) < 4.78 is 22.9. The first kappa shape index (κ1) is 16.5. The molecule has 1 fully saturated rings. The molecule has 0 spiro atoms. The van der Waals surface area contributed by atoms with Crippen LogP contribution in [-0.2, 0) is 9.84 Å². The van der Waals surface area contributed by atoms with Crippen molar-refractivity contribution in [3.05, 3.63) is 29.8 Å². The summed E-state index contributed by atoms with van der Waals surface area (Å²) in [4.78, 5) is 2.61. The van der Waals surface area contributed by atoms with Gasteiger partial charge in [0, 0.05) is 25.4 Å². The van der Waals surface area contributed by atoms with E-state index >= 15 is 0 Å². The highest BCUT2D eigenvalue weighted by Gasteiger charge is 2.25. The van der Waals surface area contributed by atoms with Crippen LogP contribution in [0.4, 0.5) is 0 Å². The van der Waals surface area contributed by atoms with E-state index < -0.39 is 15.9 Å². The van der Waals surface area contributed by atoms with Crippen LogP contribution in [0.2, 0.25) is 0 Å². The normalized spacial score (nSPS) is 25.7. The first-order valence-corrected chi connectivity index (χ1v) is 9.38. The van der Waals surface area contributed by atoms with E-state index in [-0.39, 0.29) is 0 Å².